The van der Waals surface area contributed by atoms with E-state index in [1.165, 1.54) is 26.1 Å². The maximum atomic E-state index is 2.28. The molecule has 0 amide bonds. The molecule has 2 aromatic carbocycles. The van der Waals surface area contributed by atoms with Gasteiger partial charge < -0.3 is 0 Å². The molecule has 1 aromatic heterocycles. The molecule has 0 radical (unpaired) electrons. The molecule has 0 aliphatic rings. The second-order valence-corrected chi connectivity index (χ2v) is 5.10. The van der Waals surface area contributed by atoms with Crippen LogP contribution in [0.3, 0.4) is 0 Å². The Morgan fingerprint density at radius 1 is 0.875 bits per heavy atom. The van der Waals surface area contributed by atoms with Gasteiger partial charge in [-0.25, -0.2) is 0 Å². The second kappa shape index (κ2) is 3.76. The molecule has 0 spiro atoms. The summed E-state index contributed by atoms with van der Waals surface area (Å²) in [6.45, 7) is 2.14. The van der Waals surface area contributed by atoms with Crippen LogP contribution in [0.15, 0.2) is 54.6 Å². The van der Waals surface area contributed by atoms with Crippen LogP contribution in [0, 0.1) is 6.92 Å². The van der Waals surface area contributed by atoms with Crippen LogP contribution < -0.4 is 0 Å². The monoisotopic (exact) mass is 224 g/mol. The van der Waals surface area contributed by atoms with Crippen molar-refractivity contribution >= 4 is 21.4 Å². The average molecular weight is 224 g/mol. The lowest BCUT2D eigenvalue weighted by Crippen LogP contribution is -1.68. The van der Waals surface area contributed by atoms with E-state index in [9.17, 15) is 0 Å². The van der Waals surface area contributed by atoms with E-state index in [0.717, 1.165) is 0 Å². The number of aryl methyl sites for hydroxylation is 1. The zero-order chi connectivity index (χ0) is 11.0. The molecule has 0 saturated carbocycles. The molecule has 3 rings (SSSR count). The SMILES string of the molecule is Cc1ccc2sc(-c3ccccc3)cc2c1. The highest BCUT2D eigenvalue weighted by Gasteiger charge is 2.03. The van der Waals surface area contributed by atoms with Gasteiger partial charge in [-0.2, -0.15) is 0 Å². The van der Waals surface area contributed by atoms with Gasteiger partial charge in [-0.15, -0.1) is 11.3 Å². The van der Waals surface area contributed by atoms with Crippen LogP contribution in [-0.4, -0.2) is 0 Å². The van der Waals surface area contributed by atoms with Gasteiger partial charge in [0.1, 0.15) is 0 Å². The number of rotatable bonds is 1. The molecule has 3 aromatic rings. The highest BCUT2D eigenvalue weighted by Crippen LogP contribution is 2.33. The standard InChI is InChI=1S/C15H12S/c1-11-7-8-14-13(9-11)10-15(16-14)12-5-3-2-4-6-12/h2-10H,1H3. The molecule has 0 bridgehead atoms. The second-order valence-electron chi connectivity index (χ2n) is 4.02. The highest BCUT2D eigenvalue weighted by atomic mass is 32.1. The third kappa shape index (κ3) is 1.63. The van der Waals surface area contributed by atoms with Gasteiger partial charge >= 0.3 is 0 Å². The van der Waals surface area contributed by atoms with E-state index in [-0.39, 0.29) is 0 Å². The van der Waals surface area contributed by atoms with Crippen LogP contribution in [0.1, 0.15) is 5.56 Å². The van der Waals surface area contributed by atoms with Crippen LogP contribution >= 0.6 is 11.3 Å². The van der Waals surface area contributed by atoms with E-state index in [0.29, 0.717) is 0 Å². The van der Waals surface area contributed by atoms with Crippen LogP contribution in [0.25, 0.3) is 20.5 Å². The largest absolute Gasteiger partial charge is 0.135 e. The fourth-order valence-electron chi connectivity index (χ4n) is 1.91. The molecule has 0 unspecified atom stereocenters. The average Bonchev–Trinajstić information content (AvgIpc) is 2.73. The summed E-state index contributed by atoms with van der Waals surface area (Å²) in [5.74, 6) is 0. The van der Waals surface area contributed by atoms with Crippen LogP contribution in [-0.2, 0) is 0 Å². The van der Waals surface area contributed by atoms with E-state index in [1.54, 1.807) is 0 Å². The van der Waals surface area contributed by atoms with Gasteiger partial charge in [0.15, 0.2) is 0 Å². The molecular weight excluding hydrogens is 212 g/mol. The quantitative estimate of drug-likeness (QED) is 0.553. The molecule has 0 N–H and O–H groups in total. The minimum absolute atomic E-state index is 1.31. The smallest absolute Gasteiger partial charge is 0.0355 e. The van der Waals surface area contributed by atoms with Gasteiger partial charge in [0.25, 0.3) is 0 Å². The van der Waals surface area contributed by atoms with Crippen molar-refractivity contribution in [1.82, 2.24) is 0 Å². The Bertz CT molecular complexity index is 620. The Kier molecular flexibility index (Phi) is 2.26. The van der Waals surface area contributed by atoms with Gasteiger partial charge in [0.2, 0.25) is 0 Å². The zero-order valence-electron chi connectivity index (χ0n) is 9.10. The van der Waals surface area contributed by atoms with E-state index >= 15 is 0 Å². The first-order valence-electron chi connectivity index (χ1n) is 5.38. The Balaban J connectivity index is 2.19. The molecule has 0 nitrogen and oxygen atoms in total. The van der Waals surface area contributed by atoms with Crippen molar-refractivity contribution in [2.24, 2.45) is 0 Å². The number of fused-ring (bicyclic) bond motifs is 1. The van der Waals surface area contributed by atoms with Crippen LogP contribution in [0.4, 0.5) is 0 Å². The van der Waals surface area contributed by atoms with Crippen LogP contribution in [0.5, 0.6) is 0 Å². The number of hydrogen-bond donors (Lipinski definition) is 0. The summed E-state index contributed by atoms with van der Waals surface area (Å²) in [4.78, 5) is 1.35. The lowest BCUT2D eigenvalue weighted by molar-refractivity contribution is 1.51. The minimum Gasteiger partial charge on any atom is -0.135 e. The number of benzene rings is 2. The van der Waals surface area contributed by atoms with Gasteiger partial charge in [-0.05, 0) is 30.0 Å². The summed E-state index contributed by atoms with van der Waals surface area (Å²) in [6, 6.07) is 19.5. The Morgan fingerprint density at radius 2 is 1.69 bits per heavy atom. The van der Waals surface area contributed by atoms with Gasteiger partial charge in [-0.1, -0.05) is 48.0 Å². The molecule has 1 heteroatoms. The first-order valence-corrected chi connectivity index (χ1v) is 6.20. The third-order valence-electron chi connectivity index (χ3n) is 2.73. The predicted molar refractivity (Wildman–Crippen MR) is 72.0 cm³/mol. The number of hydrogen-bond acceptors (Lipinski definition) is 1. The van der Waals surface area contributed by atoms with Gasteiger partial charge in [0.05, 0.1) is 0 Å². The maximum Gasteiger partial charge on any atom is 0.0355 e. The summed E-state index contributed by atoms with van der Waals surface area (Å²) in [6.07, 6.45) is 0. The van der Waals surface area contributed by atoms with E-state index < -0.39 is 0 Å². The van der Waals surface area contributed by atoms with Crippen LogP contribution in [0.2, 0.25) is 0 Å². The third-order valence-corrected chi connectivity index (χ3v) is 3.90. The molecule has 1 heterocycles. The summed E-state index contributed by atoms with van der Waals surface area (Å²) >= 11 is 1.86. The van der Waals surface area contributed by atoms with Crippen molar-refractivity contribution < 1.29 is 0 Å². The van der Waals surface area contributed by atoms with Crippen molar-refractivity contribution in [3.05, 3.63) is 60.2 Å². The van der Waals surface area contributed by atoms with Crippen molar-refractivity contribution in [3.63, 3.8) is 0 Å². The van der Waals surface area contributed by atoms with Crippen molar-refractivity contribution in [3.8, 4) is 10.4 Å². The Labute approximate surface area is 99.2 Å². The van der Waals surface area contributed by atoms with E-state index in [2.05, 4.69) is 61.5 Å². The van der Waals surface area contributed by atoms with E-state index in [1.807, 2.05) is 11.3 Å². The summed E-state index contributed by atoms with van der Waals surface area (Å²) in [5, 5.41) is 1.35. The fourth-order valence-corrected chi connectivity index (χ4v) is 2.96. The summed E-state index contributed by atoms with van der Waals surface area (Å²) in [7, 11) is 0. The summed E-state index contributed by atoms with van der Waals surface area (Å²) < 4.78 is 1.37. The van der Waals surface area contributed by atoms with Crippen molar-refractivity contribution in [2.75, 3.05) is 0 Å². The highest BCUT2D eigenvalue weighted by molar-refractivity contribution is 7.22. The number of thiophene rings is 1. The Morgan fingerprint density at radius 3 is 2.50 bits per heavy atom. The lowest BCUT2D eigenvalue weighted by atomic mass is 10.1. The first-order chi connectivity index (χ1) is 7.83. The zero-order valence-corrected chi connectivity index (χ0v) is 9.92. The maximum absolute atomic E-state index is 2.28. The van der Waals surface area contributed by atoms with Gasteiger partial charge in [-0.3, -0.25) is 0 Å². The molecule has 0 atom stereocenters. The fraction of sp³-hybridized carbons (Fsp3) is 0.0667. The van der Waals surface area contributed by atoms with Crippen molar-refractivity contribution in [1.29, 1.82) is 0 Å². The first kappa shape index (κ1) is 9.61. The molecule has 0 aliphatic heterocycles. The predicted octanol–water partition coefficient (Wildman–Crippen LogP) is 4.88. The molecule has 16 heavy (non-hydrogen) atoms. The minimum atomic E-state index is 1.31. The molecule has 78 valence electrons. The topological polar surface area (TPSA) is 0 Å². The van der Waals surface area contributed by atoms with Gasteiger partial charge in [0, 0.05) is 9.58 Å². The molecule has 0 saturated heterocycles. The van der Waals surface area contributed by atoms with Crippen molar-refractivity contribution in [2.45, 2.75) is 6.92 Å². The summed E-state index contributed by atoms with van der Waals surface area (Å²) in [5.41, 5.74) is 2.63. The molecular formula is C15H12S. The molecule has 0 aliphatic carbocycles. The Hall–Kier alpha value is -1.60. The van der Waals surface area contributed by atoms with E-state index in [4.69, 9.17) is 0 Å². The lowest BCUT2D eigenvalue weighted by Gasteiger charge is -1.93. The normalized spacial score (nSPS) is 10.8. The molecule has 0 fully saturated rings.